The van der Waals surface area contributed by atoms with Gasteiger partial charge in [-0.1, -0.05) is 31.6 Å². The number of benzene rings is 2. The molecule has 0 radical (unpaired) electrons. The fraction of sp³-hybridized carbons (Fsp3) is 0.400. The molecule has 4 heterocycles. The van der Waals surface area contributed by atoms with Crippen molar-refractivity contribution in [1.82, 2.24) is 29.0 Å². The van der Waals surface area contributed by atoms with Gasteiger partial charge in [0.15, 0.2) is 11.6 Å². The normalized spacial score (nSPS) is 15.3. The Balaban J connectivity index is 0.976. The zero-order chi connectivity index (χ0) is 36.2. The number of esters is 1. The maximum Gasteiger partial charge on any atom is 0.337 e. The Morgan fingerprint density at radius 3 is 2.58 bits per heavy atom. The molecule has 10 nitrogen and oxygen atoms in total. The van der Waals surface area contributed by atoms with Gasteiger partial charge in [0.25, 0.3) is 0 Å². The quantitative estimate of drug-likeness (QED) is 0.0784. The summed E-state index contributed by atoms with van der Waals surface area (Å²) in [5.41, 5.74) is 7.92. The second-order valence-electron chi connectivity index (χ2n) is 14.8. The van der Waals surface area contributed by atoms with Crippen molar-refractivity contribution in [3.8, 4) is 23.1 Å². The molecule has 12 heteroatoms. The molecule has 2 aliphatic rings. The summed E-state index contributed by atoms with van der Waals surface area (Å²) in [6.45, 7) is 10.5. The third-order valence-corrected chi connectivity index (χ3v) is 10.3. The highest BCUT2D eigenvalue weighted by Gasteiger charge is 2.25. The molecule has 2 fully saturated rings. The molecule has 0 bridgehead atoms. The molecule has 270 valence electrons. The highest BCUT2D eigenvalue weighted by molar-refractivity contribution is 6.83. The number of halogens is 1. The summed E-state index contributed by atoms with van der Waals surface area (Å²) in [5.74, 6) is 4.63. The summed E-state index contributed by atoms with van der Waals surface area (Å²) in [6, 6.07) is 15.9. The monoisotopic (exact) mass is 720 g/mol. The summed E-state index contributed by atoms with van der Waals surface area (Å²) in [6.07, 6.45) is 8.06. The number of methoxy groups -OCH3 is 1. The summed E-state index contributed by atoms with van der Waals surface area (Å²) in [5, 5.41) is 0. The van der Waals surface area contributed by atoms with Crippen LogP contribution in [0.1, 0.15) is 58.8 Å². The minimum Gasteiger partial charge on any atom is -0.484 e. The number of rotatable bonds is 12. The van der Waals surface area contributed by atoms with Crippen LogP contribution in [0.15, 0.2) is 67.1 Å². The van der Waals surface area contributed by atoms with E-state index in [-0.39, 0.29) is 24.4 Å². The first-order valence-corrected chi connectivity index (χ1v) is 21.5. The van der Waals surface area contributed by atoms with E-state index in [0.29, 0.717) is 35.8 Å². The molecule has 1 saturated carbocycles. The van der Waals surface area contributed by atoms with E-state index in [9.17, 15) is 9.18 Å². The Labute approximate surface area is 305 Å². The van der Waals surface area contributed by atoms with Crippen LogP contribution >= 0.6 is 0 Å². The van der Waals surface area contributed by atoms with Crippen molar-refractivity contribution in [3.05, 3.63) is 101 Å². The topological polar surface area (TPSA) is 96.5 Å². The van der Waals surface area contributed by atoms with Crippen molar-refractivity contribution in [2.45, 2.75) is 77.7 Å². The molecule has 0 spiro atoms. The third-order valence-electron chi connectivity index (χ3n) is 9.38. The molecule has 0 amide bonds. The molecule has 0 atom stereocenters. The number of carbonyl (C=O) groups is 1. The Kier molecular flexibility index (Phi) is 10.4. The Morgan fingerprint density at radius 2 is 1.83 bits per heavy atom. The van der Waals surface area contributed by atoms with Gasteiger partial charge in [0.2, 0.25) is 5.88 Å². The minimum absolute atomic E-state index is 0.0142. The molecule has 0 N–H and O–H groups in total. The van der Waals surface area contributed by atoms with Crippen LogP contribution in [-0.2, 0) is 31.0 Å². The highest BCUT2D eigenvalue weighted by atomic mass is 28.3. The van der Waals surface area contributed by atoms with Crippen LogP contribution in [0.2, 0.25) is 19.6 Å². The lowest BCUT2D eigenvalue weighted by Crippen LogP contribution is -2.38. The lowest BCUT2D eigenvalue weighted by Gasteiger charge is -2.31. The Hall–Kier alpha value is -4.99. The van der Waals surface area contributed by atoms with Gasteiger partial charge < -0.3 is 23.3 Å². The first kappa shape index (κ1) is 35.4. The largest absolute Gasteiger partial charge is 0.484 e. The maximum atomic E-state index is 14.8. The van der Waals surface area contributed by atoms with Gasteiger partial charge in [0.1, 0.15) is 26.6 Å². The van der Waals surface area contributed by atoms with Crippen LogP contribution in [0.4, 0.5) is 4.39 Å². The summed E-state index contributed by atoms with van der Waals surface area (Å²) < 4.78 is 36.3. The second-order valence-corrected chi connectivity index (χ2v) is 19.5. The SMILES string of the molecule is COC(=O)c1ccc2nc(CN3CCC(Oc4cccc(COc5ccc(C#C[Si](C)(C)C)cc5F)n4)CC3)n(Cc3cncn3CC3CC3)c2c1. The van der Waals surface area contributed by atoms with Gasteiger partial charge in [-0.15, -0.1) is 5.54 Å². The zero-order valence-electron chi connectivity index (χ0n) is 30.3. The predicted octanol–water partition coefficient (Wildman–Crippen LogP) is 6.86. The molecule has 0 unspecified atom stereocenters. The van der Waals surface area contributed by atoms with E-state index in [4.69, 9.17) is 19.2 Å². The lowest BCUT2D eigenvalue weighted by atomic mass is 10.1. The average Bonchev–Trinajstić information content (AvgIpc) is 3.75. The molecule has 2 aromatic carbocycles. The summed E-state index contributed by atoms with van der Waals surface area (Å²) in [4.78, 5) is 29.0. The number of pyridine rings is 1. The van der Waals surface area contributed by atoms with E-state index in [1.807, 2.05) is 42.9 Å². The van der Waals surface area contributed by atoms with Gasteiger partial charge in [-0.2, -0.15) is 0 Å². The second kappa shape index (κ2) is 15.3. The molecule has 7 rings (SSSR count). The van der Waals surface area contributed by atoms with E-state index in [1.165, 1.54) is 26.0 Å². The average molecular weight is 721 g/mol. The highest BCUT2D eigenvalue weighted by Crippen LogP contribution is 2.31. The summed E-state index contributed by atoms with van der Waals surface area (Å²) >= 11 is 0. The first-order valence-electron chi connectivity index (χ1n) is 18.0. The summed E-state index contributed by atoms with van der Waals surface area (Å²) in [7, 11) is -0.157. The molecular weight excluding hydrogens is 676 g/mol. The molecule has 1 saturated heterocycles. The molecular formula is C40H45FN6O4Si. The van der Waals surface area contributed by atoms with Gasteiger partial charge in [-0.05, 0) is 74.1 Å². The van der Waals surface area contributed by atoms with E-state index in [0.717, 1.165) is 60.9 Å². The van der Waals surface area contributed by atoms with Crippen molar-refractivity contribution < 1.29 is 23.4 Å². The van der Waals surface area contributed by atoms with Gasteiger partial charge in [0, 0.05) is 37.5 Å². The van der Waals surface area contributed by atoms with Crippen molar-refractivity contribution in [2.75, 3.05) is 20.2 Å². The van der Waals surface area contributed by atoms with Crippen molar-refractivity contribution in [3.63, 3.8) is 0 Å². The number of nitrogens with zero attached hydrogens (tertiary/aromatic N) is 6. The van der Waals surface area contributed by atoms with Crippen LogP contribution in [0.3, 0.4) is 0 Å². The smallest absolute Gasteiger partial charge is 0.337 e. The van der Waals surface area contributed by atoms with E-state index in [1.54, 1.807) is 18.2 Å². The number of aromatic nitrogens is 5. The molecule has 1 aliphatic carbocycles. The molecule has 52 heavy (non-hydrogen) atoms. The van der Waals surface area contributed by atoms with Crippen LogP contribution < -0.4 is 9.47 Å². The fourth-order valence-electron chi connectivity index (χ4n) is 6.37. The number of ether oxygens (including phenoxy) is 3. The van der Waals surface area contributed by atoms with E-state index < -0.39 is 13.9 Å². The number of piperidine rings is 1. The van der Waals surface area contributed by atoms with E-state index in [2.05, 4.69) is 55.1 Å². The first-order chi connectivity index (χ1) is 25.1. The fourth-order valence-corrected chi connectivity index (χ4v) is 6.89. The van der Waals surface area contributed by atoms with Crippen molar-refractivity contribution >= 4 is 25.1 Å². The Bertz CT molecular complexity index is 2120. The predicted molar refractivity (Wildman–Crippen MR) is 199 cm³/mol. The van der Waals surface area contributed by atoms with Crippen LogP contribution in [0.25, 0.3) is 11.0 Å². The van der Waals surface area contributed by atoms with E-state index >= 15 is 0 Å². The molecule has 3 aromatic heterocycles. The number of hydrogen-bond donors (Lipinski definition) is 0. The van der Waals surface area contributed by atoms with Crippen LogP contribution in [0.5, 0.6) is 11.6 Å². The number of likely N-dealkylation sites (tertiary alicyclic amines) is 1. The number of fused-ring (bicyclic) bond motifs is 1. The Morgan fingerprint density at radius 1 is 1.00 bits per heavy atom. The van der Waals surface area contributed by atoms with Gasteiger partial charge >= 0.3 is 5.97 Å². The minimum atomic E-state index is -1.56. The number of imidazole rings is 2. The van der Waals surface area contributed by atoms with Crippen LogP contribution in [-0.4, -0.2) is 69.3 Å². The number of carbonyl (C=O) groups excluding carboxylic acids is 1. The van der Waals surface area contributed by atoms with Gasteiger partial charge in [-0.25, -0.2) is 24.1 Å². The third kappa shape index (κ3) is 8.89. The molecule has 5 aromatic rings. The van der Waals surface area contributed by atoms with Gasteiger partial charge in [-0.3, -0.25) is 4.90 Å². The van der Waals surface area contributed by atoms with Crippen molar-refractivity contribution in [2.24, 2.45) is 5.92 Å². The van der Waals surface area contributed by atoms with Crippen molar-refractivity contribution in [1.29, 1.82) is 0 Å². The standard InChI is InChI=1S/C40H45FN6O4Si/c1-49-40(48)30-11-12-35-36(21-30)47(24-32-22-42-27-46(32)23-29-8-9-29)38(44-35)25-45-17-14-33(15-18-45)51-39-7-5-6-31(43-39)26-50-37-13-10-28(20-34(37)41)16-19-52(2,3)4/h5-7,10-13,20-22,27,29,33H,8-9,14-15,17-18,23-26H2,1-4H3. The zero-order valence-corrected chi connectivity index (χ0v) is 31.3. The van der Waals surface area contributed by atoms with Crippen LogP contribution in [0, 0.1) is 23.2 Å². The molecule has 1 aliphatic heterocycles. The van der Waals surface area contributed by atoms with Gasteiger partial charge in [0.05, 0.1) is 54.5 Å². The lowest BCUT2D eigenvalue weighted by molar-refractivity contribution is 0.0601. The maximum absolute atomic E-state index is 14.8. The number of hydrogen-bond acceptors (Lipinski definition) is 8.